The number of sulfonamides is 1. The second-order valence-corrected chi connectivity index (χ2v) is 10.5. The molecule has 9 nitrogen and oxygen atoms in total. The summed E-state index contributed by atoms with van der Waals surface area (Å²) in [6.45, 7) is 2.63. The maximum Gasteiger partial charge on any atom is 0.264 e. The van der Waals surface area contributed by atoms with E-state index in [1.165, 1.54) is 12.1 Å². The van der Waals surface area contributed by atoms with Crippen LogP contribution in [-0.4, -0.2) is 52.6 Å². The number of anilines is 2. The van der Waals surface area contributed by atoms with Gasteiger partial charge in [0.15, 0.2) is 0 Å². The Balaban J connectivity index is 1.58. The van der Waals surface area contributed by atoms with Crippen LogP contribution in [0.15, 0.2) is 83.8 Å². The molecule has 4 rings (SSSR count). The Morgan fingerprint density at radius 3 is 2.45 bits per heavy atom. The summed E-state index contributed by atoms with van der Waals surface area (Å²) in [5.41, 5.74) is 0.777. The summed E-state index contributed by atoms with van der Waals surface area (Å²) in [5, 5.41) is 5.57. The summed E-state index contributed by atoms with van der Waals surface area (Å²) >= 11 is 0. The first-order valence-electron chi connectivity index (χ1n) is 12.5. The van der Waals surface area contributed by atoms with Gasteiger partial charge in [-0.2, -0.15) is 0 Å². The molecule has 0 bridgehead atoms. The first-order valence-corrected chi connectivity index (χ1v) is 13.9. The number of nitrogens with one attached hydrogen (secondary N) is 2. The molecule has 0 radical (unpaired) electrons. The average Bonchev–Trinajstić information content (AvgIpc) is 3.46. The standard InChI is InChI=1S/C28H31N3O6S/c1-2-36-26-17-9-8-16-25(26)31(38(34,35)22-12-4-3-5-13-22)20-27(32)30-24-15-7-6-14-23(24)28(33)29-19-21-11-10-18-37-21/h3-9,12-17,21H,2,10-11,18-20H2,1H3,(H,29,33)(H,30,32)/t21-/m1/s1. The molecule has 1 atom stereocenters. The van der Waals surface area contributed by atoms with Gasteiger partial charge in [-0.25, -0.2) is 8.42 Å². The SMILES string of the molecule is CCOc1ccccc1N(CC(=O)Nc1ccccc1C(=O)NC[C@H]1CCCO1)S(=O)(=O)c1ccccc1. The highest BCUT2D eigenvalue weighted by molar-refractivity contribution is 7.92. The summed E-state index contributed by atoms with van der Waals surface area (Å²) in [6.07, 6.45) is 1.82. The van der Waals surface area contributed by atoms with E-state index in [1.807, 2.05) is 0 Å². The van der Waals surface area contributed by atoms with Crippen molar-refractivity contribution in [3.8, 4) is 5.75 Å². The van der Waals surface area contributed by atoms with E-state index in [0.29, 0.717) is 25.5 Å². The molecule has 1 aliphatic heterocycles. The molecular formula is C28H31N3O6S. The van der Waals surface area contributed by atoms with Gasteiger partial charge in [0.2, 0.25) is 5.91 Å². The molecule has 10 heteroatoms. The number of carbonyl (C=O) groups excluding carboxylic acids is 2. The number of para-hydroxylation sites is 3. The molecule has 1 heterocycles. The molecule has 38 heavy (non-hydrogen) atoms. The van der Waals surface area contributed by atoms with Crippen molar-refractivity contribution < 1.29 is 27.5 Å². The van der Waals surface area contributed by atoms with Gasteiger partial charge in [-0.3, -0.25) is 13.9 Å². The quantitative estimate of drug-likeness (QED) is 0.384. The summed E-state index contributed by atoms with van der Waals surface area (Å²) in [6, 6.07) is 21.1. The van der Waals surface area contributed by atoms with Gasteiger partial charge >= 0.3 is 0 Å². The Hall–Kier alpha value is -3.89. The number of amides is 2. The third-order valence-electron chi connectivity index (χ3n) is 6.01. The van der Waals surface area contributed by atoms with Crippen molar-refractivity contribution in [1.29, 1.82) is 0 Å². The highest BCUT2D eigenvalue weighted by Gasteiger charge is 2.30. The molecule has 3 aromatic rings. The Morgan fingerprint density at radius 2 is 1.71 bits per heavy atom. The van der Waals surface area contributed by atoms with Crippen molar-refractivity contribution in [2.75, 3.05) is 35.9 Å². The maximum absolute atomic E-state index is 13.7. The average molecular weight is 538 g/mol. The Kier molecular flexibility index (Phi) is 8.98. The molecule has 2 amide bonds. The van der Waals surface area contributed by atoms with E-state index >= 15 is 0 Å². The molecule has 0 aliphatic carbocycles. The number of ether oxygens (including phenoxy) is 2. The molecule has 2 N–H and O–H groups in total. The molecule has 1 aliphatic rings. The van der Waals surface area contributed by atoms with E-state index < -0.39 is 22.5 Å². The first kappa shape index (κ1) is 27.2. The van der Waals surface area contributed by atoms with E-state index in [9.17, 15) is 18.0 Å². The van der Waals surface area contributed by atoms with E-state index in [0.717, 1.165) is 17.1 Å². The van der Waals surface area contributed by atoms with Gasteiger partial charge in [0.05, 0.1) is 34.5 Å². The molecule has 0 aromatic heterocycles. The number of nitrogens with zero attached hydrogens (tertiary/aromatic N) is 1. The highest BCUT2D eigenvalue weighted by Crippen LogP contribution is 2.32. The van der Waals surface area contributed by atoms with E-state index in [-0.39, 0.29) is 33.8 Å². The highest BCUT2D eigenvalue weighted by atomic mass is 32.2. The van der Waals surface area contributed by atoms with Crippen molar-refractivity contribution in [3.05, 3.63) is 84.4 Å². The summed E-state index contributed by atoms with van der Waals surface area (Å²) in [7, 11) is -4.13. The van der Waals surface area contributed by atoms with E-state index in [1.54, 1.807) is 73.7 Å². The summed E-state index contributed by atoms with van der Waals surface area (Å²) in [4.78, 5) is 26.2. The summed E-state index contributed by atoms with van der Waals surface area (Å²) in [5.74, 6) is -0.641. The fraction of sp³-hybridized carbons (Fsp3) is 0.286. The van der Waals surface area contributed by atoms with Crippen molar-refractivity contribution in [2.24, 2.45) is 0 Å². The molecule has 0 unspecified atom stereocenters. The van der Waals surface area contributed by atoms with Crippen LogP contribution in [0.5, 0.6) is 5.75 Å². The zero-order valence-electron chi connectivity index (χ0n) is 21.1. The molecule has 0 spiro atoms. The van der Waals surface area contributed by atoms with Gasteiger partial charge in [-0.1, -0.05) is 42.5 Å². The molecular weight excluding hydrogens is 506 g/mol. The third kappa shape index (κ3) is 6.51. The van der Waals surface area contributed by atoms with Gasteiger partial charge in [0.25, 0.3) is 15.9 Å². The Labute approximate surface area is 222 Å². The third-order valence-corrected chi connectivity index (χ3v) is 7.79. The van der Waals surface area contributed by atoms with Crippen molar-refractivity contribution in [2.45, 2.75) is 30.8 Å². The minimum absolute atomic E-state index is 0.0251. The second kappa shape index (κ2) is 12.6. The van der Waals surface area contributed by atoms with Crippen molar-refractivity contribution in [1.82, 2.24) is 5.32 Å². The zero-order chi connectivity index (χ0) is 27.0. The monoisotopic (exact) mass is 537 g/mol. The van der Waals surface area contributed by atoms with Crippen LogP contribution in [0.3, 0.4) is 0 Å². The number of carbonyl (C=O) groups is 2. The van der Waals surface area contributed by atoms with E-state index in [2.05, 4.69) is 10.6 Å². The van der Waals surface area contributed by atoms with Crippen LogP contribution in [0.25, 0.3) is 0 Å². The van der Waals surface area contributed by atoms with Crippen LogP contribution < -0.4 is 19.7 Å². The fourth-order valence-corrected chi connectivity index (χ4v) is 5.63. The number of benzene rings is 3. The lowest BCUT2D eigenvalue weighted by molar-refractivity contribution is -0.114. The zero-order valence-corrected chi connectivity index (χ0v) is 21.9. The van der Waals surface area contributed by atoms with Gasteiger partial charge in [-0.15, -0.1) is 0 Å². The van der Waals surface area contributed by atoms with Crippen molar-refractivity contribution >= 4 is 33.2 Å². The smallest absolute Gasteiger partial charge is 0.264 e. The van der Waals surface area contributed by atoms with Crippen LogP contribution >= 0.6 is 0 Å². The lowest BCUT2D eigenvalue weighted by Gasteiger charge is -2.26. The van der Waals surface area contributed by atoms with E-state index in [4.69, 9.17) is 9.47 Å². The first-order chi connectivity index (χ1) is 18.4. The van der Waals surface area contributed by atoms with Crippen LogP contribution in [0.1, 0.15) is 30.1 Å². The van der Waals surface area contributed by atoms with Crippen LogP contribution in [0.4, 0.5) is 11.4 Å². The molecule has 3 aromatic carbocycles. The fourth-order valence-electron chi connectivity index (χ4n) is 4.18. The number of hydrogen-bond acceptors (Lipinski definition) is 6. The van der Waals surface area contributed by atoms with Crippen LogP contribution in [-0.2, 0) is 19.6 Å². The molecule has 1 fully saturated rings. The van der Waals surface area contributed by atoms with Gasteiger partial charge in [0, 0.05) is 13.2 Å². The molecule has 200 valence electrons. The molecule has 1 saturated heterocycles. The minimum Gasteiger partial charge on any atom is -0.492 e. The van der Waals surface area contributed by atoms with Crippen LogP contribution in [0, 0.1) is 0 Å². The second-order valence-electron chi connectivity index (χ2n) is 8.66. The number of hydrogen-bond donors (Lipinski definition) is 2. The maximum atomic E-state index is 13.7. The lowest BCUT2D eigenvalue weighted by atomic mass is 10.1. The number of rotatable bonds is 11. The Morgan fingerprint density at radius 1 is 1.00 bits per heavy atom. The van der Waals surface area contributed by atoms with Crippen LogP contribution in [0.2, 0.25) is 0 Å². The summed E-state index contributed by atoms with van der Waals surface area (Å²) < 4.78 is 39.6. The van der Waals surface area contributed by atoms with Crippen molar-refractivity contribution in [3.63, 3.8) is 0 Å². The normalized spacial score (nSPS) is 15.0. The topological polar surface area (TPSA) is 114 Å². The lowest BCUT2D eigenvalue weighted by Crippen LogP contribution is -2.39. The van der Waals surface area contributed by atoms with Gasteiger partial charge < -0.3 is 20.1 Å². The van der Waals surface area contributed by atoms with Gasteiger partial charge in [0.1, 0.15) is 12.3 Å². The molecule has 0 saturated carbocycles. The largest absolute Gasteiger partial charge is 0.492 e. The Bertz CT molecular complexity index is 1360. The van der Waals surface area contributed by atoms with Gasteiger partial charge in [-0.05, 0) is 56.2 Å². The minimum atomic E-state index is -4.13. The predicted molar refractivity (Wildman–Crippen MR) is 145 cm³/mol. The predicted octanol–water partition coefficient (Wildman–Crippen LogP) is 3.83.